The Bertz CT molecular complexity index is 720. The molecular formula is C15H12ClN3. The number of aromatic nitrogens is 3. The zero-order valence-corrected chi connectivity index (χ0v) is 11.2. The van der Waals surface area contributed by atoms with Crippen molar-refractivity contribution < 1.29 is 0 Å². The predicted octanol–water partition coefficient (Wildman–Crippen LogP) is 3.58. The number of hydrogen-bond acceptors (Lipinski definition) is 3. The molecule has 0 spiro atoms. The molecule has 0 amide bonds. The number of hydrogen-bond donors (Lipinski definition) is 0. The van der Waals surface area contributed by atoms with Crippen LogP contribution >= 0.6 is 11.6 Å². The molecule has 0 N–H and O–H groups in total. The summed E-state index contributed by atoms with van der Waals surface area (Å²) in [6.07, 6.45) is 0.661. The van der Waals surface area contributed by atoms with Crippen LogP contribution in [0, 0.1) is 6.92 Å². The van der Waals surface area contributed by atoms with Gasteiger partial charge in [-0.3, -0.25) is 4.98 Å². The molecule has 2 aromatic heterocycles. The van der Waals surface area contributed by atoms with Crippen LogP contribution in [0.25, 0.3) is 10.9 Å². The summed E-state index contributed by atoms with van der Waals surface area (Å²) in [5.74, 6) is 0.684. The SMILES string of the molecule is Cc1nc(Cl)cc(Cc2ccc3ccccc3n2)n1. The Hall–Kier alpha value is -2.00. The first-order valence-corrected chi connectivity index (χ1v) is 6.43. The molecule has 3 nitrogen and oxygen atoms in total. The maximum Gasteiger partial charge on any atom is 0.133 e. The van der Waals surface area contributed by atoms with E-state index in [1.54, 1.807) is 6.07 Å². The van der Waals surface area contributed by atoms with E-state index in [-0.39, 0.29) is 0 Å². The van der Waals surface area contributed by atoms with E-state index in [9.17, 15) is 0 Å². The van der Waals surface area contributed by atoms with Crippen molar-refractivity contribution in [2.45, 2.75) is 13.3 Å². The van der Waals surface area contributed by atoms with Crippen molar-refractivity contribution in [3.05, 3.63) is 64.8 Å². The Balaban J connectivity index is 1.96. The molecule has 3 aromatic rings. The van der Waals surface area contributed by atoms with Gasteiger partial charge in [0.1, 0.15) is 11.0 Å². The van der Waals surface area contributed by atoms with E-state index < -0.39 is 0 Å². The summed E-state index contributed by atoms with van der Waals surface area (Å²) in [4.78, 5) is 13.1. The van der Waals surface area contributed by atoms with Crippen molar-refractivity contribution in [2.75, 3.05) is 0 Å². The molecule has 0 aliphatic rings. The first kappa shape index (κ1) is 12.1. The van der Waals surface area contributed by atoms with Crippen molar-refractivity contribution in [2.24, 2.45) is 0 Å². The maximum atomic E-state index is 5.94. The number of benzene rings is 1. The highest BCUT2D eigenvalue weighted by molar-refractivity contribution is 6.29. The first-order valence-electron chi connectivity index (χ1n) is 6.05. The monoisotopic (exact) mass is 269 g/mol. The van der Waals surface area contributed by atoms with Crippen LogP contribution in [0.15, 0.2) is 42.5 Å². The van der Waals surface area contributed by atoms with Gasteiger partial charge in [0, 0.05) is 17.5 Å². The lowest BCUT2D eigenvalue weighted by atomic mass is 10.1. The molecule has 0 unspecified atom stereocenters. The molecule has 0 saturated carbocycles. The molecule has 0 bridgehead atoms. The zero-order chi connectivity index (χ0) is 13.2. The number of pyridine rings is 1. The van der Waals surface area contributed by atoms with E-state index in [0.29, 0.717) is 17.4 Å². The van der Waals surface area contributed by atoms with Crippen molar-refractivity contribution in [1.82, 2.24) is 15.0 Å². The fourth-order valence-electron chi connectivity index (χ4n) is 2.07. The molecule has 0 saturated heterocycles. The minimum absolute atomic E-state index is 0.475. The second-order valence-corrected chi connectivity index (χ2v) is 4.79. The molecule has 0 aliphatic carbocycles. The van der Waals surface area contributed by atoms with E-state index >= 15 is 0 Å². The fraction of sp³-hybridized carbons (Fsp3) is 0.133. The summed E-state index contributed by atoms with van der Waals surface area (Å²) in [7, 11) is 0. The highest BCUT2D eigenvalue weighted by atomic mass is 35.5. The summed E-state index contributed by atoms with van der Waals surface area (Å²) in [5, 5.41) is 1.62. The number of fused-ring (bicyclic) bond motifs is 1. The number of para-hydroxylation sites is 1. The smallest absolute Gasteiger partial charge is 0.133 e. The number of rotatable bonds is 2. The van der Waals surface area contributed by atoms with E-state index in [1.807, 2.05) is 31.2 Å². The predicted molar refractivity (Wildman–Crippen MR) is 76.3 cm³/mol. The zero-order valence-electron chi connectivity index (χ0n) is 10.5. The highest BCUT2D eigenvalue weighted by Gasteiger charge is 2.04. The van der Waals surface area contributed by atoms with Crippen LogP contribution in [-0.4, -0.2) is 15.0 Å². The van der Waals surface area contributed by atoms with Crippen LogP contribution in [0.2, 0.25) is 5.15 Å². The largest absolute Gasteiger partial charge is 0.252 e. The molecule has 4 heteroatoms. The molecule has 1 aromatic carbocycles. The van der Waals surface area contributed by atoms with Gasteiger partial charge < -0.3 is 0 Å². The molecule has 0 aliphatic heterocycles. The Morgan fingerprint density at radius 2 is 1.79 bits per heavy atom. The number of halogens is 1. The van der Waals surface area contributed by atoms with Gasteiger partial charge in [0.2, 0.25) is 0 Å². The number of aryl methyl sites for hydroxylation is 1. The summed E-state index contributed by atoms with van der Waals surface area (Å²) in [6, 6.07) is 13.9. The second kappa shape index (κ2) is 4.94. The van der Waals surface area contributed by atoms with Gasteiger partial charge in [-0.1, -0.05) is 35.9 Å². The van der Waals surface area contributed by atoms with Crippen LogP contribution in [0.1, 0.15) is 17.2 Å². The summed E-state index contributed by atoms with van der Waals surface area (Å²) in [6.45, 7) is 1.84. The van der Waals surface area contributed by atoms with Crippen molar-refractivity contribution >= 4 is 22.5 Å². The third kappa shape index (κ3) is 2.71. The molecule has 0 atom stereocenters. The lowest BCUT2D eigenvalue weighted by Gasteiger charge is -2.04. The standard InChI is InChI=1S/C15H12ClN3/c1-10-17-13(9-15(16)18-10)8-12-7-6-11-4-2-3-5-14(11)19-12/h2-7,9H,8H2,1H3. The summed E-state index contributed by atoms with van der Waals surface area (Å²) in [5.41, 5.74) is 2.87. The molecule has 3 rings (SSSR count). The summed E-state index contributed by atoms with van der Waals surface area (Å²) >= 11 is 5.94. The average Bonchev–Trinajstić information content (AvgIpc) is 2.37. The Morgan fingerprint density at radius 1 is 0.947 bits per heavy atom. The van der Waals surface area contributed by atoms with Crippen molar-refractivity contribution in [1.29, 1.82) is 0 Å². The third-order valence-electron chi connectivity index (χ3n) is 2.88. The van der Waals surface area contributed by atoms with Gasteiger partial charge in [-0.2, -0.15) is 0 Å². The van der Waals surface area contributed by atoms with Crippen molar-refractivity contribution in [3.8, 4) is 0 Å². The van der Waals surface area contributed by atoms with Crippen LogP contribution in [0.5, 0.6) is 0 Å². The van der Waals surface area contributed by atoms with Gasteiger partial charge in [0.05, 0.1) is 11.2 Å². The minimum atomic E-state index is 0.475. The van der Waals surface area contributed by atoms with Crippen LogP contribution in [-0.2, 0) is 6.42 Å². The van der Waals surface area contributed by atoms with E-state index in [2.05, 4.69) is 27.1 Å². The highest BCUT2D eigenvalue weighted by Crippen LogP contribution is 2.15. The Labute approximate surface area is 116 Å². The van der Waals surface area contributed by atoms with E-state index in [4.69, 9.17) is 11.6 Å². The lowest BCUT2D eigenvalue weighted by molar-refractivity contribution is 0.951. The summed E-state index contributed by atoms with van der Waals surface area (Å²) < 4.78 is 0. The van der Waals surface area contributed by atoms with E-state index in [0.717, 1.165) is 22.3 Å². The minimum Gasteiger partial charge on any atom is -0.252 e. The Kier molecular flexibility index (Phi) is 3.13. The average molecular weight is 270 g/mol. The molecule has 0 fully saturated rings. The Morgan fingerprint density at radius 3 is 2.63 bits per heavy atom. The van der Waals surface area contributed by atoms with E-state index in [1.165, 1.54) is 0 Å². The lowest BCUT2D eigenvalue weighted by Crippen LogP contribution is -1.99. The molecule has 19 heavy (non-hydrogen) atoms. The second-order valence-electron chi connectivity index (χ2n) is 4.40. The normalized spacial score (nSPS) is 10.8. The van der Waals surface area contributed by atoms with Gasteiger partial charge in [-0.05, 0) is 25.1 Å². The van der Waals surface area contributed by atoms with Crippen LogP contribution in [0.3, 0.4) is 0 Å². The van der Waals surface area contributed by atoms with Gasteiger partial charge in [-0.15, -0.1) is 0 Å². The topological polar surface area (TPSA) is 38.7 Å². The first-order chi connectivity index (χ1) is 9.20. The van der Waals surface area contributed by atoms with Gasteiger partial charge in [0.25, 0.3) is 0 Å². The maximum absolute atomic E-state index is 5.94. The molecule has 2 heterocycles. The molecule has 0 radical (unpaired) electrons. The molecular weight excluding hydrogens is 258 g/mol. The van der Waals surface area contributed by atoms with Gasteiger partial charge in [-0.25, -0.2) is 9.97 Å². The quantitative estimate of drug-likeness (QED) is 0.668. The number of nitrogens with zero attached hydrogens (tertiary/aromatic N) is 3. The van der Waals surface area contributed by atoms with Crippen LogP contribution in [0.4, 0.5) is 0 Å². The fourth-order valence-corrected chi connectivity index (χ4v) is 2.32. The third-order valence-corrected chi connectivity index (χ3v) is 3.07. The van der Waals surface area contributed by atoms with Crippen LogP contribution < -0.4 is 0 Å². The van der Waals surface area contributed by atoms with Gasteiger partial charge >= 0.3 is 0 Å². The molecule has 94 valence electrons. The van der Waals surface area contributed by atoms with Gasteiger partial charge in [0.15, 0.2) is 0 Å². The van der Waals surface area contributed by atoms with Crippen molar-refractivity contribution in [3.63, 3.8) is 0 Å².